The molecule has 2 aromatic heterocycles. The molecule has 7 nitrogen and oxygen atoms in total. The van der Waals surface area contributed by atoms with Crippen LogP contribution in [0.2, 0.25) is 0 Å². The highest BCUT2D eigenvalue weighted by molar-refractivity contribution is 6.14. The zero-order valence-corrected chi connectivity index (χ0v) is 14.3. The minimum Gasteiger partial charge on any atom is -0.475 e. The minimum absolute atomic E-state index is 0. The SMILES string of the molecule is CC(C)Oc1cc(C(=N)c2ccnc(N3CCCC3=O)c2)c(N)cn1.[HH]. The number of nitrogen functional groups attached to an aromatic ring is 1. The third kappa shape index (κ3) is 3.60. The molecular formula is C18H23N5O2. The first-order chi connectivity index (χ1) is 12.0. The Morgan fingerprint density at radius 1 is 1.40 bits per heavy atom. The predicted molar refractivity (Wildman–Crippen MR) is 98.3 cm³/mol. The molecular weight excluding hydrogens is 318 g/mol. The first-order valence-corrected chi connectivity index (χ1v) is 8.23. The van der Waals surface area contributed by atoms with E-state index >= 15 is 0 Å². The van der Waals surface area contributed by atoms with Crippen molar-refractivity contribution in [2.24, 2.45) is 0 Å². The number of nitrogens with zero attached hydrogens (tertiary/aromatic N) is 3. The maximum atomic E-state index is 11.9. The first kappa shape index (κ1) is 16.9. The number of hydrogen-bond donors (Lipinski definition) is 2. The topological polar surface area (TPSA) is 105 Å². The molecule has 0 unspecified atom stereocenters. The quantitative estimate of drug-likeness (QED) is 0.813. The number of rotatable bonds is 5. The fourth-order valence-corrected chi connectivity index (χ4v) is 2.74. The average molecular weight is 341 g/mol. The molecule has 0 atom stereocenters. The average Bonchev–Trinajstić information content (AvgIpc) is 3.02. The van der Waals surface area contributed by atoms with Crippen LogP contribution >= 0.6 is 0 Å². The van der Waals surface area contributed by atoms with Crippen LogP contribution in [0.15, 0.2) is 30.6 Å². The number of carbonyl (C=O) groups excluding carboxylic acids is 1. The Morgan fingerprint density at radius 3 is 2.88 bits per heavy atom. The van der Waals surface area contributed by atoms with Crippen LogP contribution in [-0.2, 0) is 4.79 Å². The van der Waals surface area contributed by atoms with Crippen molar-refractivity contribution in [2.75, 3.05) is 17.2 Å². The van der Waals surface area contributed by atoms with Crippen LogP contribution in [-0.4, -0.2) is 34.2 Å². The summed E-state index contributed by atoms with van der Waals surface area (Å²) >= 11 is 0. The largest absolute Gasteiger partial charge is 0.475 e. The fourth-order valence-electron chi connectivity index (χ4n) is 2.74. The Morgan fingerprint density at radius 2 is 2.20 bits per heavy atom. The summed E-state index contributed by atoms with van der Waals surface area (Å²) in [5.41, 5.74) is 7.82. The molecule has 1 aliphatic heterocycles. The molecule has 0 spiro atoms. The van der Waals surface area contributed by atoms with Crippen LogP contribution in [0.1, 0.15) is 39.2 Å². The van der Waals surface area contributed by atoms with Crippen molar-refractivity contribution in [3.63, 3.8) is 0 Å². The molecule has 1 saturated heterocycles. The lowest BCUT2D eigenvalue weighted by Crippen LogP contribution is -2.25. The third-order valence-corrected chi connectivity index (χ3v) is 3.92. The van der Waals surface area contributed by atoms with Crippen LogP contribution in [0.5, 0.6) is 5.88 Å². The first-order valence-electron chi connectivity index (χ1n) is 8.23. The monoisotopic (exact) mass is 341 g/mol. The number of hydrogen-bond acceptors (Lipinski definition) is 6. The number of amides is 1. The Kier molecular flexibility index (Phi) is 4.65. The highest BCUT2D eigenvalue weighted by Crippen LogP contribution is 2.24. The van der Waals surface area contributed by atoms with Crippen LogP contribution in [0.3, 0.4) is 0 Å². The van der Waals surface area contributed by atoms with Gasteiger partial charge in [0.1, 0.15) is 5.82 Å². The molecule has 2 aromatic rings. The van der Waals surface area contributed by atoms with Gasteiger partial charge in [0.15, 0.2) is 0 Å². The summed E-state index contributed by atoms with van der Waals surface area (Å²) in [7, 11) is 0. The van der Waals surface area contributed by atoms with Crippen molar-refractivity contribution < 1.29 is 11.0 Å². The molecule has 3 N–H and O–H groups in total. The molecule has 0 aliphatic carbocycles. The summed E-state index contributed by atoms with van der Waals surface area (Å²) in [6.45, 7) is 4.48. The zero-order valence-electron chi connectivity index (χ0n) is 14.3. The molecule has 1 amide bonds. The van der Waals surface area contributed by atoms with E-state index < -0.39 is 0 Å². The molecule has 7 heteroatoms. The summed E-state index contributed by atoms with van der Waals surface area (Å²) in [6, 6.07) is 5.14. The number of nitrogens with two attached hydrogens (primary N) is 1. The Bertz CT molecular complexity index is 825. The number of anilines is 2. The van der Waals surface area contributed by atoms with Crippen molar-refractivity contribution in [3.8, 4) is 5.88 Å². The highest BCUT2D eigenvalue weighted by atomic mass is 16.5. The van der Waals surface area contributed by atoms with Gasteiger partial charge in [-0.2, -0.15) is 0 Å². The van der Waals surface area contributed by atoms with E-state index in [4.69, 9.17) is 15.9 Å². The van der Waals surface area contributed by atoms with Gasteiger partial charge in [0, 0.05) is 37.8 Å². The standard InChI is InChI=1S/C18H21N5O2.H2/c1-11(2)25-16-9-13(14(19)10-22-16)18(20)12-5-6-21-15(8-12)23-7-3-4-17(23)24;/h5-6,8-11,20H,3-4,7,19H2,1-2H3;1H. The number of aromatic nitrogens is 2. The minimum atomic E-state index is -0.0214. The van der Waals surface area contributed by atoms with E-state index in [1.165, 1.54) is 6.20 Å². The summed E-state index contributed by atoms with van der Waals surface area (Å²) in [5.74, 6) is 1.05. The summed E-state index contributed by atoms with van der Waals surface area (Å²) < 4.78 is 5.59. The van der Waals surface area contributed by atoms with Crippen molar-refractivity contribution >= 4 is 23.1 Å². The second kappa shape index (κ2) is 6.88. The molecule has 3 rings (SSSR count). The lowest BCUT2D eigenvalue weighted by molar-refractivity contribution is -0.117. The number of carbonyl (C=O) groups is 1. The van der Waals surface area contributed by atoms with Gasteiger partial charge in [-0.25, -0.2) is 9.97 Å². The normalized spacial score (nSPS) is 14.2. The fraction of sp³-hybridized carbons (Fsp3) is 0.333. The Balaban J connectivity index is 0.00000243. The van der Waals surface area contributed by atoms with Crippen molar-refractivity contribution in [2.45, 2.75) is 32.8 Å². The van der Waals surface area contributed by atoms with Crippen LogP contribution < -0.4 is 15.4 Å². The summed E-state index contributed by atoms with van der Waals surface area (Å²) in [5, 5.41) is 8.51. The molecule has 25 heavy (non-hydrogen) atoms. The predicted octanol–water partition coefficient (Wildman–Crippen LogP) is 2.63. The maximum Gasteiger partial charge on any atom is 0.228 e. The number of nitrogens with one attached hydrogen (secondary N) is 1. The van der Waals surface area contributed by atoms with E-state index in [-0.39, 0.29) is 19.1 Å². The molecule has 0 bridgehead atoms. The van der Waals surface area contributed by atoms with Crippen LogP contribution in [0.25, 0.3) is 0 Å². The molecule has 0 saturated carbocycles. The highest BCUT2D eigenvalue weighted by Gasteiger charge is 2.23. The van der Waals surface area contributed by atoms with Gasteiger partial charge >= 0.3 is 0 Å². The van der Waals surface area contributed by atoms with Gasteiger partial charge in [0.2, 0.25) is 11.8 Å². The summed E-state index contributed by atoms with van der Waals surface area (Å²) in [6.07, 6.45) is 4.44. The van der Waals surface area contributed by atoms with E-state index in [0.29, 0.717) is 41.5 Å². The lowest BCUT2D eigenvalue weighted by Gasteiger charge is -2.16. The van der Waals surface area contributed by atoms with E-state index in [1.807, 2.05) is 13.8 Å². The van der Waals surface area contributed by atoms with E-state index in [0.717, 1.165) is 6.42 Å². The molecule has 0 aromatic carbocycles. The van der Waals surface area contributed by atoms with Crippen molar-refractivity contribution in [1.29, 1.82) is 5.41 Å². The van der Waals surface area contributed by atoms with E-state index in [2.05, 4.69) is 9.97 Å². The van der Waals surface area contributed by atoms with Crippen molar-refractivity contribution in [1.82, 2.24) is 9.97 Å². The second-order valence-electron chi connectivity index (χ2n) is 6.20. The van der Waals surface area contributed by atoms with Crippen molar-refractivity contribution in [3.05, 3.63) is 41.7 Å². The Hall–Kier alpha value is -2.96. The van der Waals surface area contributed by atoms with Gasteiger partial charge < -0.3 is 10.5 Å². The van der Waals surface area contributed by atoms with Crippen LogP contribution in [0, 0.1) is 5.41 Å². The number of ether oxygens (including phenoxy) is 1. The second-order valence-corrected chi connectivity index (χ2v) is 6.20. The molecule has 0 radical (unpaired) electrons. The van der Waals surface area contributed by atoms with Gasteiger partial charge in [-0.1, -0.05) is 0 Å². The Labute approximate surface area is 147 Å². The van der Waals surface area contributed by atoms with Crippen LogP contribution in [0.4, 0.5) is 11.5 Å². The van der Waals surface area contributed by atoms with Gasteiger partial charge in [0.05, 0.1) is 23.7 Å². The molecule has 1 fully saturated rings. The zero-order chi connectivity index (χ0) is 18.0. The smallest absolute Gasteiger partial charge is 0.228 e. The third-order valence-electron chi connectivity index (χ3n) is 3.92. The maximum absolute atomic E-state index is 11.9. The lowest BCUT2D eigenvalue weighted by atomic mass is 10.0. The van der Waals surface area contributed by atoms with Gasteiger partial charge in [-0.3, -0.25) is 15.1 Å². The molecule has 3 heterocycles. The van der Waals surface area contributed by atoms with E-state index in [1.54, 1.807) is 29.3 Å². The molecule has 132 valence electrons. The number of pyridine rings is 2. The van der Waals surface area contributed by atoms with Gasteiger partial charge in [-0.15, -0.1) is 0 Å². The summed E-state index contributed by atoms with van der Waals surface area (Å²) in [4.78, 5) is 22.0. The van der Waals surface area contributed by atoms with Gasteiger partial charge in [-0.05, 0) is 32.4 Å². The van der Waals surface area contributed by atoms with E-state index in [9.17, 15) is 4.79 Å². The molecule has 1 aliphatic rings. The van der Waals surface area contributed by atoms with Gasteiger partial charge in [0.25, 0.3) is 0 Å².